The van der Waals surface area contributed by atoms with Gasteiger partial charge >= 0.3 is 6.85 Å². The van der Waals surface area contributed by atoms with Gasteiger partial charge in [-0.2, -0.15) is 0 Å². The Bertz CT molecular complexity index is 3500. The predicted octanol–water partition coefficient (Wildman–Crippen LogP) is 14.6. The van der Waals surface area contributed by atoms with E-state index in [0.29, 0.717) is 0 Å². The van der Waals surface area contributed by atoms with Crippen LogP contribution in [0, 0.1) is 6.92 Å². The third-order valence-corrected chi connectivity index (χ3v) is 14.3. The molecule has 0 bridgehead atoms. The summed E-state index contributed by atoms with van der Waals surface area (Å²) in [6.07, 6.45) is 0. The zero-order chi connectivity index (χ0) is 42.0. The SMILES string of the molecule is Cc1cc(-c2ccccc2)ccc1N1c2cc3c(cc2B2c4c1cc1ccccc1c4-c1cc4ccccc4cc1N2c1ccc(-c2ccccc2)cc1)-c1ccccc1C3(C)C. The van der Waals surface area contributed by atoms with Gasteiger partial charge in [-0.05, 0) is 144 Å². The number of fused-ring (bicyclic) bond motifs is 10. The normalized spacial score (nSPS) is 14.0. The molecule has 0 amide bonds. The number of anilines is 5. The zero-order valence-electron chi connectivity index (χ0n) is 35.6. The van der Waals surface area contributed by atoms with E-state index in [0.717, 1.165) is 0 Å². The topological polar surface area (TPSA) is 6.48 Å². The summed E-state index contributed by atoms with van der Waals surface area (Å²) in [4.78, 5) is 5.28. The van der Waals surface area contributed by atoms with Gasteiger partial charge < -0.3 is 9.71 Å². The number of aryl methyl sites for hydroxylation is 1. The molecule has 0 aromatic heterocycles. The molecule has 63 heavy (non-hydrogen) atoms. The van der Waals surface area contributed by atoms with Gasteiger partial charge in [0.2, 0.25) is 0 Å². The monoisotopic (exact) mass is 802 g/mol. The smallest absolute Gasteiger partial charge is 0.333 e. The molecular weight excluding hydrogens is 759 g/mol. The van der Waals surface area contributed by atoms with Gasteiger partial charge in [-0.1, -0.05) is 172 Å². The third-order valence-electron chi connectivity index (χ3n) is 14.3. The van der Waals surface area contributed by atoms with Crippen LogP contribution in [0.1, 0.15) is 30.5 Å². The summed E-state index contributed by atoms with van der Waals surface area (Å²) in [7, 11) is 0. The fraction of sp³-hybridized carbons (Fsp3) is 0.0667. The summed E-state index contributed by atoms with van der Waals surface area (Å²) in [5.74, 6) is 0. The van der Waals surface area contributed by atoms with Crippen LogP contribution < -0.4 is 20.6 Å². The first-order valence-electron chi connectivity index (χ1n) is 22.2. The minimum Gasteiger partial charge on any atom is -0.376 e. The van der Waals surface area contributed by atoms with E-state index in [1.807, 2.05) is 0 Å². The van der Waals surface area contributed by atoms with Crippen molar-refractivity contribution in [2.75, 3.05) is 9.71 Å². The quantitative estimate of drug-likeness (QED) is 0.164. The van der Waals surface area contributed by atoms with E-state index in [4.69, 9.17) is 0 Å². The van der Waals surface area contributed by atoms with E-state index in [2.05, 4.69) is 237 Å². The van der Waals surface area contributed by atoms with Crippen molar-refractivity contribution in [3.8, 4) is 44.5 Å². The van der Waals surface area contributed by atoms with Crippen LogP contribution in [-0.2, 0) is 5.41 Å². The highest BCUT2D eigenvalue weighted by Gasteiger charge is 2.48. The van der Waals surface area contributed by atoms with Gasteiger partial charge in [0.15, 0.2) is 0 Å². The summed E-state index contributed by atoms with van der Waals surface area (Å²) >= 11 is 0. The van der Waals surface area contributed by atoms with E-state index in [1.165, 1.54) is 122 Å². The van der Waals surface area contributed by atoms with E-state index >= 15 is 0 Å². The van der Waals surface area contributed by atoms with Crippen molar-refractivity contribution in [3.63, 3.8) is 0 Å². The maximum Gasteiger partial charge on any atom is 0.333 e. The minimum atomic E-state index is -0.168. The third kappa shape index (κ3) is 5.26. The van der Waals surface area contributed by atoms with E-state index < -0.39 is 0 Å². The van der Waals surface area contributed by atoms with Gasteiger partial charge in [0.05, 0.1) is 0 Å². The number of nitrogens with zero attached hydrogens (tertiary/aromatic N) is 2. The van der Waals surface area contributed by atoms with Crippen molar-refractivity contribution in [2.45, 2.75) is 26.2 Å². The molecule has 2 heterocycles. The zero-order valence-corrected chi connectivity index (χ0v) is 35.6. The number of hydrogen-bond donors (Lipinski definition) is 0. The van der Waals surface area contributed by atoms with Crippen LogP contribution in [-0.4, -0.2) is 6.85 Å². The second-order valence-corrected chi connectivity index (χ2v) is 18.1. The van der Waals surface area contributed by atoms with E-state index in [1.54, 1.807) is 0 Å². The summed E-state index contributed by atoms with van der Waals surface area (Å²) < 4.78 is 0. The lowest BCUT2D eigenvalue weighted by atomic mass is 9.43. The standard InChI is InChI=1S/C60H43BN2/c1-38-32-44(40-18-8-5-9-19-40)28-31-54(38)62-56-37-52-49(48-24-14-15-25-51(48)60(52,2)3)36-53(56)61-59-57(62)35-45-22-12-13-23-47(45)58(59)50-33-42-20-10-11-21-43(42)34-55(50)63(61)46-29-26-41(27-30-46)39-16-6-4-7-17-39/h4-37H,1-3H3. The second kappa shape index (κ2) is 13.4. The molecule has 0 saturated heterocycles. The molecule has 0 saturated carbocycles. The molecule has 3 heteroatoms. The van der Waals surface area contributed by atoms with Crippen molar-refractivity contribution >= 4 is 67.8 Å². The molecule has 0 atom stereocenters. The fourth-order valence-electron chi connectivity index (χ4n) is 11.3. The Labute approximate surface area is 369 Å². The first kappa shape index (κ1) is 36.1. The highest BCUT2D eigenvalue weighted by atomic mass is 15.2. The highest BCUT2D eigenvalue weighted by Crippen LogP contribution is 2.54. The van der Waals surface area contributed by atoms with Crippen LogP contribution in [0.15, 0.2) is 206 Å². The largest absolute Gasteiger partial charge is 0.376 e. The first-order chi connectivity index (χ1) is 30.9. The molecule has 0 N–H and O–H groups in total. The minimum absolute atomic E-state index is 0.118. The average molecular weight is 803 g/mol. The highest BCUT2D eigenvalue weighted by molar-refractivity contribution is 6.94. The van der Waals surface area contributed by atoms with Crippen molar-refractivity contribution in [1.29, 1.82) is 0 Å². The van der Waals surface area contributed by atoms with Crippen molar-refractivity contribution in [1.82, 2.24) is 0 Å². The maximum atomic E-state index is 2.66. The molecular formula is C60H43BN2. The maximum absolute atomic E-state index is 2.66. The molecule has 2 nitrogen and oxygen atoms in total. The van der Waals surface area contributed by atoms with Gasteiger partial charge in [0.1, 0.15) is 0 Å². The summed E-state index contributed by atoms with van der Waals surface area (Å²) in [6.45, 7) is 6.97. The molecule has 296 valence electrons. The lowest BCUT2D eigenvalue weighted by molar-refractivity contribution is 0.660. The Hall–Kier alpha value is -7.62. The molecule has 13 rings (SSSR count). The van der Waals surface area contributed by atoms with Gasteiger partial charge in [0.25, 0.3) is 0 Å². The van der Waals surface area contributed by atoms with Crippen LogP contribution in [0.4, 0.5) is 28.4 Å². The molecule has 0 spiro atoms. The van der Waals surface area contributed by atoms with Crippen LogP contribution >= 0.6 is 0 Å². The van der Waals surface area contributed by atoms with Crippen molar-refractivity contribution in [3.05, 3.63) is 223 Å². The summed E-state index contributed by atoms with van der Waals surface area (Å²) in [6, 6.07) is 77.3. The first-order valence-corrected chi connectivity index (χ1v) is 22.2. The van der Waals surface area contributed by atoms with Crippen LogP contribution in [0.2, 0.25) is 0 Å². The molecule has 0 unspecified atom stereocenters. The molecule has 3 aliphatic rings. The van der Waals surface area contributed by atoms with E-state index in [-0.39, 0.29) is 12.3 Å². The lowest BCUT2D eigenvalue weighted by Crippen LogP contribution is -2.61. The molecule has 0 fully saturated rings. The van der Waals surface area contributed by atoms with Gasteiger partial charge in [0, 0.05) is 39.4 Å². The molecule has 10 aromatic rings. The van der Waals surface area contributed by atoms with Gasteiger partial charge in [-0.25, -0.2) is 0 Å². The summed E-state index contributed by atoms with van der Waals surface area (Å²) in [5.41, 5.74) is 22.7. The summed E-state index contributed by atoms with van der Waals surface area (Å²) in [5, 5.41) is 5.00. The molecule has 1 aliphatic carbocycles. The van der Waals surface area contributed by atoms with Gasteiger partial charge in [-0.15, -0.1) is 0 Å². The Kier molecular flexibility index (Phi) is 7.70. The Balaban J connectivity index is 1.15. The van der Waals surface area contributed by atoms with Crippen LogP contribution in [0.3, 0.4) is 0 Å². The number of rotatable bonds is 4. The molecule has 0 radical (unpaired) electrons. The Morgan fingerprint density at radius 1 is 0.413 bits per heavy atom. The molecule has 10 aromatic carbocycles. The van der Waals surface area contributed by atoms with Crippen molar-refractivity contribution < 1.29 is 0 Å². The predicted molar refractivity (Wildman–Crippen MR) is 268 cm³/mol. The Morgan fingerprint density at radius 3 is 1.76 bits per heavy atom. The number of hydrogen-bond acceptors (Lipinski definition) is 2. The van der Waals surface area contributed by atoms with Crippen molar-refractivity contribution in [2.24, 2.45) is 0 Å². The van der Waals surface area contributed by atoms with Crippen LogP contribution in [0.25, 0.3) is 66.1 Å². The van der Waals surface area contributed by atoms with Crippen LogP contribution in [0.5, 0.6) is 0 Å². The van der Waals surface area contributed by atoms with Gasteiger partial charge in [-0.3, -0.25) is 0 Å². The second-order valence-electron chi connectivity index (χ2n) is 18.1. The fourth-order valence-corrected chi connectivity index (χ4v) is 11.3. The van der Waals surface area contributed by atoms with E-state index in [9.17, 15) is 0 Å². The lowest BCUT2D eigenvalue weighted by Gasteiger charge is -2.47. The Morgan fingerprint density at radius 2 is 1.02 bits per heavy atom. The number of benzene rings is 10. The molecule has 2 aliphatic heterocycles. The average Bonchev–Trinajstić information content (AvgIpc) is 3.55.